The maximum absolute atomic E-state index is 3.87. The zero-order valence-corrected chi connectivity index (χ0v) is 10.6. The Kier molecular flexibility index (Phi) is 4.79. The molecule has 2 aliphatic rings. The van der Waals surface area contributed by atoms with E-state index in [1.165, 1.54) is 51.6 Å². The molecule has 0 bridgehead atoms. The summed E-state index contributed by atoms with van der Waals surface area (Å²) in [5.74, 6) is 0. The van der Waals surface area contributed by atoms with Crippen LogP contribution < -0.4 is 10.6 Å². The molecule has 0 spiro atoms. The highest BCUT2D eigenvalue weighted by Crippen LogP contribution is 2.28. The van der Waals surface area contributed by atoms with Crippen LogP contribution in [-0.2, 0) is 0 Å². The number of hydrogen-bond donors (Lipinski definition) is 2. The second kappa shape index (κ2) is 6.12. The fourth-order valence-electron chi connectivity index (χ4n) is 2.82. The minimum atomic E-state index is 0.783. The molecule has 1 saturated carbocycles. The summed E-state index contributed by atoms with van der Waals surface area (Å²) < 4.78 is 0. The molecule has 3 unspecified atom stereocenters. The molecular weight excluding hydrogens is 204 g/mol. The van der Waals surface area contributed by atoms with Crippen LogP contribution in [0.4, 0.5) is 0 Å². The highest BCUT2D eigenvalue weighted by atomic mass is 32.2. The normalized spacial score (nSPS) is 37.8. The Labute approximate surface area is 98.0 Å². The van der Waals surface area contributed by atoms with Crippen molar-refractivity contribution in [2.24, 2.45) is 0 Å². The van der Waals surface area contributed by atoms with Crippen LogP contribution in [0.2, 0.25) is 0 Å². The van der Waals surface area contributed by atoms with Gasteiger partial charge < -0.3 is 10.6 Å². The van der Waals surface area contributed by atoms with Crippen LogP contribution >= 0.6 is 11.8 Å². The standard InChI is InChI=1S/C12H24N2S/c1-15-12-5-4-11(9-12)14-10-3-2-7-13-8-6-10/h10-14H,2-9H2,1H3. The van der Waals surface area contributed by atoms with Gasteiger partial charge in [0.05, 0.1) is 0 Å². The molecule has 88 valence electrons. The first-order valence-electron chi connectivity index (χ1n) is 6.38. The molecular formula is C12H24N2S. The molecule has 2 rings (SSSR count). The first kappa shape index (κ1) is 11.7. The third kappa shape index (κ3) is 3.65. The summed E-state index contributed by atoms with van der Waals surface area (Å²) in [5.41, 5.74) is 0. The third-order valence-corrected chi connectivity index (χ3v) is 4.86. The minimum Gasteiger partial charge on any atom is -0.317 e. The molecule has 1 aliphatic heterocycles. The van der Waals surface area contributed by atoms with E-state index in [1.54, 1.807) is 0 Å². The second-order valence-electron chi connectivity index (χ2n) is 4.91. The fourth-order valence-corrected chi connectivity index (χ4v) is 3.62. The van der Waals surface area contributed by atoms with Crippen molar-refractivity contribution < 1.29 is 0 Å². The summed E-state index contributed by atoms with van der Waals surface area (Å²) in [6.45, 7) is 2.42. The topological polar surface area (TPSA) is 24.1 Å². The molecule has 0 aromatic carbocycles. The van der Waals surface area contributed by atoms with Crippen molar-refractivity contribution in [1.29, 1.82) is 0 Å². The smallest absolute Gasteiger partial charge is 0.00822 e. The lowest BCUT2D eigenvalue weighted by molar-refractivity contribution is 0.402. The number of hydrogen-bond acceptors (Lipinski definition) is 3. The van der Waals surface area contributed by atoms with E-state index < -0.39 is 0 Å². The Bertz CT molecular complexity index is 178. The molecule has 0 aromatic heterocycles. The molecule has 3 heteroatoms. The van der Waals surface area contributed by atoms with Gasteiger partial charge in [0.15, 0.2) is 0 Å². The predicted molar refractivity (Wildman–Crippen MR) is 68.6 cm³/mol. The minimum absolute atomic E-state index is 0.783. The van der Waals surface area contributed by atoms with Gasteiger partial charge in [-0.05, 0) is 57.9 Å². The van der Waals surface area contributed by atoms with E-state index >= 15 is 0 Å². The van der Waals surface area contributed by atoms with Crippen molar-refractivity contribution in [2.75, 3.05) is 19.3 Å². The van der Waals surface area contributed by atoms with E-state index in [0.29, 0.717) is 0 Å². The van der Waals surface area contributed by atoms with E-state index in [4.69, 9.17) is 0 Å². The Morgan fingerprint density at radius 3 is 2.80 bits per heavy atom. The van der Waals surface area contributed by atoms with Crippen molar-refractivity contribution in [2.45, 2.75) is 55.9 Å². The molecule has 1 heterocycles. The van der Waals surface area contributed by atoms with Crippen molar-refractivity contribution in [3.8, 4) is 0 Å². The number of nitrogens with one attached hydrogen (secondary N) is 2. The van der Waals surface area contributed by atoms with Gasteiger partial charge in [-0.3, -0.25) is 0 Å². The van der Waals surface area contributed by atoms with Crippen LogP contribution in [0, 0.1) is 0 Å². The van der Waals surface area contributed by atoms with E-state index in [1.807, 2.05) is 11.8 Å². The summed E-state index contributed by atoms with van der Waals surface area (Å²) in [7, 11) is 0. The van der Waals surface area contributed by atoms with Gasteiger partial charge in [-0.1, -0.05) is 0 Å². The number of thioether (sulfide) groups is 1. The molecule has 3 atom stereocenters. The van der Waals surface area contributed by atoms with Crippen molar-refractivity contribution in [3.05, 3.63) is 0 Å². The molecule has 2 nitrogen and oxygen atoms in total. The summed E-state index contributed by atoms with van der Waals surface area (Å²) in [6.07, 6.45) is 10.5. The van der Waals surface area contributed by atoms with Gasteiger partial charge in [-0.2, -0.15) is 11.8 Å². The van der Waals surface area contributed by atoms with E-state index in [0.717, 1.165) is 17.3 Å². The maximum atomic E-state index is 3.87. The van der Waals surface area contributed by atoms with Crippen LogP contribution in [0.3, 0.4) is 0 Å². The molecule has 0 aromatic rings. The third-order valence-electron chi connectivity index (χ3n) is 3.76. The summed E-state index contributed by atoms with van der Waals surface area (Å²) >= 11 is 2.05. The van der Waals surface area contributed by atoms with Gasteiger partial charge in [0.1, 0.15) is 0 Å². The Hall–Kier alpha value is 0.270. The van der Waals surface area contributed by atoms with Crippen molar-refractivity contribution in [1.82, 2.24) is 10.6 Å². The molecule has 15 heavy (non-hydrogen) atoms. The monoisotopic (exact) mass is 228 g/mol. The van der Waals surface area contributed by atoms with Crippen LogP contribution in [0.1, 0.15) is 38.5 Å². The maximum Gasteiger partial charge on any atom is 0.00822 e. The number of rotatable bonds is 3. The van der Waals surface area contributed by atoms with Gasteiger partial charge in [0, 0.05) is 17.3 Å². The summed E-state index contributed by atoms with van der Waals surface area (Å²) in [5, 5.41) is 8.27. The Morgan fingerprint density at radius 2 is 2.00 bits per heavy atom. The molecule has 2 fully saturated rings. The second-order valence-corrected chi connectivity index (χ2v) is 6.05. The van der Waals surface area contributed by atoms with Gasteiger partial charge >= 0.3 is 0 Å². The summed E-state index contributed by atoms with van der Waals surface area (Å²) in [4.78, 5) is 0. The Balaban J connectivity index is 1.71. The average Bonchev–Trinajstić information content (AvgIpc) is 2.54. The van der Waals surface area contributed by atoms with E-state index in [9.17, 15) is 0 Å². The lowest BCUT2D eigenvalue weighted by atomic mass is 10.1. The van der Waals surface area contributed by atoms with Crippen LogP contribution in [-0.4, -0.2) is 36.7 Å². The highest BCUT2D eigenvalue weighted by Gasteiger charge is 2.25. The zero-order chi connectivity index (χ0) is 10.5. The first-order valence-corrected chi connectivity index (χ1v) is 7.67. The summed E-state index contributed by atoms with van der Waals surface area (Å²) in [6, 6.07) is 1.59. The molecule has 0 amide bonds. The lowest BCUT2D eigenvalue weighted by Crippen LogP contribution is -2.37. The van der Waals surface area contributed by atoms with E-state index in [-0.39, 0.29) is 0 Å². The van der Waals surface area contributed by atoms with Gasteiger partial charge in [-0.25, -0.2) is 0 Å². The lowest BCUT2D eigenvalue weighted by Gasteiger charge is -2.21. The molecule has 1 saturated heterocycles. The van der Waals surface area contributed by atoms with Crippen LogP contribution in [0.5, 0.6) is 0 Å². The van der Waals surface area contributed by atoms with Crippen LogP contribution in [0.25, 0.3) is 0 Å². The average molecular weight is 228 g/mol. The zero-order valence-electron chi connectivity index (χ0n) is 9.80. The quantitative estimate of drug-likeness (QED) is 0.772. The fraction of sp³-hybridized carbons (Fsp3) is 1.00. The predicted octanol–water partition coefficient (Wildman–Crippen LogP) is 2.00. The van der Waals surface area contributed by atoms with Gasteiger partial charge in [0.25, 0.3) is 0 Å². The highest BCUT2D eigenvalue weighted by molar-refractivity contribution is 7.99. The van der Waals surface area contributed by atoms with Gasteiger partial charge in [-0.15, -0.1) is 0 Å². The van der Waals surface area contributed by atoms with Crippen molar-refractivity contribution >= 4 is 11.8 Å². The van der Waals surface area contributed by atoms with Gasteiger partial charge in [0.2, 0.25) is 0 Å². The SMILES string of the molecule is CSC1CCC(NC2CCCNCC2)C1. The molecule has 1 aliphatic carbocycles. The molecule has 0 radical (unpaired) electrons. The Morgan fingerprint density at radius 1 is 1.07 bits per heavy atom. The first-order chi connectivity index (χ1) is 7.38. The largest absolute Gasteiger partial charge is 0.317 e. The molecule has 2 N–H and O–H groups in total. The van der Waals surface area contributed by atoms with Crippen LogP contribution in [0.15, 0.2) is 0 Å². The van der Waals surface area contributed by atoms with Crippen molar-refractivity contribution in [3.63, 3.8) is 0 Å². The van der Waals surface area contributed by atoms with E-state index in [2.05, 4.69) is 16.9 Å².